The predicted octanol–water partition coefficient (Wildman–Crippen LogP) is 0.412. The quantitative estimate of drug-likeness (QED) is 0.770. The molecule has 1 fully saturated rings. The molecule has 2 aromatic rings. The molecule has 1 amide bonds. The van der Waals surface area contributed by atoms with Crippen LogP contribution in [-0.4, -0.2) is 61.4 Å². The molecule has 9 heteroatoms. The molecule has 2 aliphatic rings. The van der Waals surface area contributed by atoms with E-state index in [0.29, 0.717) is 26.2 Å². The lowest BCUT2D eigenvalue weighted by molar-refractivity contribution is -0.134. The van der Waals surface area contributed by atoms with Crippen molar-refractivity contribution in [3.05, 3.63) is 33.8 Å². The molecule has 0 N–H and O–H groups in total. The zero-order valence-electron chi connectivity index (χ0n) is 15.8. The molecule has 0 bridgehead atoms. The fourth-order valence-electron chi connectivity index (χ4n) is 3.82. The van der Waals surface area contributed by atoms with E-state index in [0.717, 1.165) is 56.1 Å². The van der Waals surface area contributed by atoms with Crippen molar-refractivity contribution in [3.8, 4) is 0 Å². The van der Waals surface area contributed by atoms with Crippen LogP contribution in [0.1, 0.15) is 36.5 Å². The third kappa shape index (κ3) is 3.97. The monoisotopic (exact) mass is 374 g/mol. The summed E-state index contributed by atoms with van der Waals surface area (Å²) in [7, 11) is 0. The summed E-state index contributed by atoms with van der Waals surface area (Å²) in [5.41, 5.74) is 0.724. The highest BCUT2D eigenvalue weighted by Crippen LogP contribution is 2.12. The first kappa shape index (κ1) is 18.0. The van der Waals surface area contributed by atoms with E-state index in [1.807, 2.05) is 17.9 Å². The summed E-state index contributed by atoms with van der Waals surface area (Å²) in [6.07, 6.45) is 3.99. The lowest BCUT2D eigenvalue weighted by Crippen LogP contribution is -2.49. The highest BCUT2D eigenvalue weighted by molar-refractivity contribution is 5.76. The third-order valence-electron chi connectivity index (χ3n) is 5.35. The van der Waals surface area contributed by atoms with Crippen LogP contribution in [-0.2, 0) is 30.8 Å². The molecule has 0 aromatic carbocycles. The summed E-state index contributed by atoms with van der Waals surface area (Å²) in [5.74, 6) is 1.62. The number of hydrogen-bond acceptors (Lipinski definition) is 6. The van der Waals surface area contributed by atoms with Gasteiger partial charge in [-0.3, -0.25) is 14.3 Å². The van der Waals surface area contributed by atoms with Gasteiger partial charge in [-0.2, -0.15) is 5.10 Å². The average Bonchev–Trinajstić information content (AvgIpc) is 3.09. The van der Waals surface area contributed by atoms with Crippen LogP contribution < -0.4 is 5.69 Å². The Labute approximate surface area is 157 Å². The maximum atomic E-state index is 12.6. The predicted molar refractivity (Wildman–Crippen MR) is 97.1 cm³/mol. The van der Waals surface area contributed by atoms with Crippen molar-refractivity contribution in [2.24, 2.45) is 0 Å². The van der Waals surface area contributed by atoms with Crippen LogP contribution >= 0.6 is 0 Å². The van der Waals surface area contributed by atoms with E-state index in [1.165, 1.54) is 4.68 Å². The van der Waals surface area contributed by atoms with Crippen molar-refractivity contribution >= 4 is 5.91 Å². The smallest absolute Gasteiger partial charge is 0.346 e. The first-order valence-corrected chi connectivity index (χ1v) is 9.69. The topological polar surface area (TPSA) is 89.4 Å². The minimum Gasteiger partial charge on any atom is -0.360 e. The Bertz CT molecular complexity index is 859. The van der Waals surface area contributed by atoms with E-state index in [2.05, 4.69) is 15.2 Å². The second-order valence-corrected chi connectivity index (χ2v) is 7.41. The van der Waals surface area contributed by atoms with Gasteiger partial charge in [0.05, 0.1) is 12.2 Å². The highest BCUT2D eigenvalue weighted by atomic mass is 16.5. The van der Waals surface area contributed by atoms with E-state index >= 15 is 0 Å². The third-order valence-corrected chi connectivity index (χ3v) is 5.35. The maximum Gasteiger partial charge on any atom is 0.346 e. The first-order chi connectivity index (χ1) is 13.1. The van der Waals surface area contributed by atoms with Gasteiger partial charge < -0.3 is 9.42 Å². The Morgan fingerprint density at radius 2 is 1.96 bits per heavy atom. The number of carbonyl (C=O) groups excluding carboxylic acids is 1. The number of hydrogen-bond donors (Lipinski definition) is 0. The molecule has 1 saturated heterocycles. The van der Waals surface area contributed by atoms with Gasteiger partial charge >= 0.3 is 5.69 Å². The lowest BCUT2D eigenvalue weighted by atomic mass is 10.2. The Hall–Kier alpha value is -2.42. The molecule has 27 heavy (non-hydrogen) atoms. The average molecular weight is 374 g/mol. The van der Waals surface area contributed by atoms with Crippen LogP contribution in [0.3, 0.4) is 0 Å². The molecular formula is C18H26N6O3. The van der Waals surface area contributed by atoms with Crippen molar-refractivity contribution in [1.82, 2.24) is 29.3 Å². The minimum atomic E-state index is -0.153. The van der Waals surface area contributed by atoms with Crippen molar-refractivity contribution in [1.29, 1.82) is 0 Å². The molecule has 0 saturated carbocycles. The molecule has 0 radical (unpaired) electrons. The standard InChI is InChI=1S/C18H26N6O3/c1-14-11-15(27-20-14)12-21-7-9-22(10-8-21)17(25)13-24-18(26)23-6-4-2-3-5-16(23)19-24/h11H,2-10,12-13H2,1H3. The van der Waals surface area contributed by atoms with Crippen LogP contribution in [0.15, 0.2) is 15.4 Å². The Morgan fingerprint density at radius 1 is 1.15 bits per heavy atom. The molecule has 4 heterocycles. The van der Waals surface area contributed by atoms with E-state index < -0.39 is 0 Å². The molecular weight excluding hydrogens is 348 g/mol. The zero-order valence-corrected chi connectivity index (χ0v) is 15.8. The van der Waals surface area contributed by atoms with E-state index in [-0.39, 0.29) is 18.1 Å². The van der Waals surface area contributed by atoms with Crippen molar-refractivity contribution in [3.63, 3.8) is 0 Å². The molecule has 4 rings (SSSR count). The number of fused-ring (bicyclic) bond motifs is 1. The van der Waals surface area contributed by atoms with Gasteiger partial charge in [-0.15, -0.1) is 0 Å². The van der Waals surface area contributed by atoms with Crippen molar-refractivity contribution in [2.45, 2.75) is 52.2 Å². The van der Waals surface area contributed by atoms with Crippen LogP contribution in [0, 0.1) is 6.92 Å². The van der Waals surface area contributed by atoms with E-state index in [1.54, 1.807) is 4.57 Å². The largest absolute Gasteiger partial charge is 0.360 e. The molecule has 2 aromatic heterocycles. The van der Waals surface area contributed by atoms with Gasteiger partial charge in [-0.05, 0) is 19.8 Å². The van der Waals surface area contributed by atoms with Crippen LogP contribution in [0.4, 0.5) is 0 Å². The van der Waals surface area contributed by atoms with Crippen molar-refractivity contribution < 1.29 is 9.32 Å². The summed E-state index contributed by atoms with van der Waals surface area (Å²) < 4.78 is 8.34. The number of nitrogens with zero attached hydrogens (tertiary/aromatic N) is 6. The minimum absolute atomic E-state index is 0.0279. The van der Waals surface area contributed by atoms with Crippen LogP contribution in [0.5, 0.6) is 0 Å². The summed E-state index contributed by atoms with van der Waals surface area (Å²) in [5, 5.41) is 8.31. The highest BCUT2D eigenvalue weighted by Gasteiger charge is 2.24. The zero-order chi connectivity index (χ0) is 18.8. The van der Waals surface area contributed by atoms with Gasteiger partial charge in [0.25, 0.3) is 0 Å². The fourth-order valence-corrected chi connectivity index (χ4v) is 3.82. The number of aromatic nitrogens is 4. The molecule has 0 unspecified atom stereocenters. The van der Waals surface area contributed by atoms with Crippen LogP contribution in [0.2, 0.25) is 0 Å². The van der Waals surface area contributed by atoms with Gasteiger partial charge in [0, 0.05) is 45.2 Å². The summed E-state index contributed by atoms with van der Waals surface area (Å²) in [6.45, 7) is 6.20. The van der Waals surface area contributed by atoms with Gasteiger partial charge in [0.2, 0.25) is 5.91 Å². The summed E-state index contributed by atoms with van der Waals surface area (Å²) >= 11 is 0. The second kappa shape index (κ2) is 7.67. The number of aryl methyl sites for hydroxylation is 2. The normalized spacial score (nSPS) is 18.3. The maximum absolute atomic E-state index is 12.6. The Kier molecular flexibility index (Phi) is 5.11. The molecule has 9 nitrogen and oxygen atoms in total. The molecule has 146 valence electrons. The van der Waals surface area contributed by atoms with Gasteiger partial charge in [0.1, 0.15) is 12.4 Å². The molecule has 2 aliphatic heterocycles. The van der Waals surface area contributed by atoms with E-state index in [4.69, 9.17) is 4.52 Å². The number of amides is 1. The van der Waals surface area contributed by atoms with Gasteiger partial charge in [-0.25, -0.2) is 9.48 Å². The molecule has 0 atom stereocenters. The number of piperazine rings is 1. The second-order valence-electron chi connectivity index (χ2n) is 7.41. The lowest BCUT2D eigenvalue weighted by Gasteiger charge is -2.34. The molecule has 0 aliphatic carbocycles. The summed E-state index contributed by atoms with van der Waals surface area (Å²) in [6, 6.07) is 1.94. The fraction of sp³-hybridized carbons (Fsp3) is 0.667. The molecule has 0 spiro atoms. The van der Waals surface area contributed by atoms with E-state index in [9.17, 15) is 9.59 Å². The summed E-state index contributed by atoms with van der Waals surface area (Å²) in [4.78, 5) is 29.2. The van der Waals surface area contributed by atoms with Crippen molar-refractivity contribution in [2.75, 3.05) is 26.2 Å². The van der Waals surface area contributed by atoms with Gasteiger partial charge in [0.15, 0.2) is 5.76 Å². The Morgan fingerprint density at radius 3 is 2.70 bits per heavy atom. The van der Waals surface area contributed by atoms with Crippen LogP contribution in [0.25, 0.3) is 0 Å². The number of carbonyl (C=O) groups is 1. The number of rotatable bonds is 4. The first-order valence-electron chi connectivity index (χ1n) is 9.69. The van der Waals surface area contributed by atoms with Gasteiger partial charge in [-0.1, -0.05) is 11.6 Å². The SMILES string of the molecule is Cc1cc(CN2CCN(C(=O)Cn3nc4n(c3=O)CCCCC4)CC2)on1. The Balaban J connectivity index is 1.33.